The highest BCUT2D eigenvalue weighted by molar-refractivity contribution is 7.92. The molecule has 2 aromatic rings. The van der Waals surface area contributed by atoms with E-state index in [1.54, 1.807) is 6.92 Å². The van der Waals surface area contributed by atoms with Crippen LogP contribution in [0.25, 0.3) is 0 Å². The Bertz CT molecular complexity index is 808. The molecule has 108 valence electrons. The number of pyridine rings is 1. The number of sulfonamides is 1. The van der Waals surface area contributed by atoms with Crippen LogP contribution in [0.2, 0.25) is 0 Å². The van der Waals surface area contributed by atoms with Crippen LogP contribution in [0.15, 0.2) is 41.4 Å². The van der Waals surface area contributed by atoms with Gasteiger partial charge in [-0.1, -0.05) is 0 Å². The van der Waals surface area contributed by atoms with Gasteiger partial charge in [0.25, 0.3) is 10.0 Å². The molecule has 5 nitrogen and oxygen atoms in total. The van der Waals surface area contributed by atoms with Gasteiger partial charge in [-0.15, -0.1) is 0 Å². The van der Waals surface area contributed by atoms with E-state index in [1.807, 2.05) is 6.07 Å². The molecule has 0 unspecified atom stereocenters. The lowest BCUT2D eigenvalue weighted by Gasteiger charge is -2.18. The summed E-state index contributed by atoms with van der Waals surface area (Å²) in [7, 11) is -2.64. The Morgan fingerprint density at radius 2 is 2.00 bits per heavy atom. The average molecular weight is 305 g/mol. The van der Waals surface area contributed by atoms with Crippen molar-refractivity contribution in [2.45, 2.75) is 11.8 Å². The second kappa shape index (κ2) is 5.50. The lowest BCUT2D eigenvalue weighted by atomic mass is 10.2. The number of benzene rings is 1. The molecule has 0 fully saturated rings. The van der Waals surface area contributed by atoms with E-state index in [0.717, 1.165) is 10.4 Å². The highest BCUT2D eigenvalue weighted by atomic mass is 32.2. The number of nitriles is 1. The van der Waals surface area contributed by atoms with Gasteiger partial charge in [0, 0.05) is 13.2 Å². The van der Waals surface area contributed by atoms with Gasteiger partial charge in [-0.3, -0.25) is 4.31 Å². The van der Waals surface area contributed by atoms with E-state index in [-0.39, 0.29) is 16.3 Å². The maximum absolute atomic E-state index is 13.4. The third-order valence-electron chi connectivity index (χ3n) is 2.87. The number of halogens is 1. The molecule has 0 atom stereocenters. The molecule has 1 aromatic carbocycles. The van der Waals surface area contributed by atoms with E-state index in [4.69, 9.17) is 5.26 Å². The van der Waals surface area contributed by atoms with E-state index < -0.39 is 15.8 Å². The third-order valence-corrected chi connectivity index (χ3v) is 4.61. The molecule has 0 saturated carbocycles. The van der Waals surface area contributed by atoms with Crippen LogP contribution in [-0.2, 0) is 10.0 Å². The summed E-state index contributed by atoms with van der Waals surface area (Å²) in [5, 5.41) is 8.84. The van der Waals surface area contributed by atoms with Crippen LogP contribution >= 0.6 is 0 Å². The second-order valence-electron chi connectivity index (χ2n) is 4.45. The van der Waals surface area contributed by atoms with Gasteiger partial charge in [-0.25, -0.2) is 17.8 Å². The molecule has 7 heteroatoms. The molecule has 0 radical (unpaired) electrons. The largest absolute Gasteiger partial charge is 0.265 e. The van der Waals surface area contributed by atoms with Crippen LogP contribution in [0.1, 0.15) is 11.1 Å². The summed E-state index contributed by atoms with van der Waals surface area (Å²) < 4.78 is 39.3. The molecular formula is C14H12FN3O2S. The van der Waals surface area contributed by atoms with E-state index in [9.17, 15) is 12.8 Å². The maximum atomic E-state index is 13.4. The van der Waals surface area contributed by atoms with Crippen molar-refractivity contribution in [3.63, 3.8) is 0 Å². The number of rotatable bonds is 3. The molecule has 0 spiro atoms. The number of anilines is 1. The van der Waals surface area contributed by atoms with Crippen LogP contribution < -0.4 is 4.31 Å². The average Bonchev–Trinajstić information content (AvgIpc) is 2.45. The molecule has 0 bridgehead atoms. The first-order chi connectivity index (χ1) is 9.84. The van der Waals surface area contributed by atoms with Gasteiger partial charge in [-0.05, 0) is 42.8 Å². The molecule has 0 saturated heterocycles. The summed E-state index contributed by atoms with van der Waals surface area (Å²) in [6, 6.07) is 8.30. The Morgan fingerprint density at radius 1 is 1.29 bits per heavy atom. The third kappa shape index (κ3) is 3.01. The van der Waals surface area contributed by atoms with Crippen LogP contribution in [0.5, 0.6) is 0 Å². The molecule has 0 N–H and O–H groups in total. The quantitative estimate of drug-likeness (QED) is 0.871. The Kier molecular flexibility index (Phi) is 3.91. The predicted molar refractivity (Wildman–Crippen MR) is 75.7 cm³/mol. The van der Waals surface area contributed by atoms with Crippen LogP contribution in [0, 0.1) is 24.1 Å². The Balaban J connectivity index is 2.50. The zero-order valence-electron chi connectivity index (χ0n) is 11.4. The van der Waals surface area contributed by atoms with E-state index in [0.29, 0.717) is 5.56 Å². The van der Waals surface area contributed by atoms with Gasteiger partial charge in [-0.2, -0.15) is 5.26 Å². The molecule has 0 aliphatic rings. The summed E-state index contributed by atoms with van der Waals surface area (Å²) in [5.41, 5.74) is 0.790. The smallest absolute Gasteiger partial charge is 0.253 e. The SMILES string of the molecule is Cc1cc(F)cc(S(=O)(=O)N(C)c2cc(C#N)ccn2)c1. The minimum atomic E-state index is -3.94. The van der Waals surface area contributed by atoms with Gasteiger partial charge in [0.15, 0.2) is 0 Å². The van der Waals surface area contributed by atoms with Gasteiger partial charge in [0.05, 0.1) is 16.5 Å². The molecule has 21 heavy (non-hydrogen) atoms. The predicted octanol–water partition coefficient (Wildman–Crippen LogP) is 2.23. The fourth-order valence-corrected chi connectivity index (χ4v) is 3.05. The topological polar surface area (TPSA) is 74.1 Å². The molecule has 1 heterocycles. The van der Waals surface area contributed by atoms with Crippen LogP contribution in [0.3, 0.4) is 0 Å². The summed E-state index contributed by atoms with van der Waals surface area (Å²) in [6.07, 6.45) is 1.34. The van der Waals surface area contributed by atoms with Gasteiger partial charge >= 0.3 is 0 Å². The molecule has 0 aliphatic carbocycles. The minimum absolute atomic E-state index is 0.0935. The molecule has 0 amide bonds. The van der Waals surface area contributed by atoms with Gasteiger partial charge in [0.1, 0.15) is 11.6 Å². The fraction of sp³-hybridized carbons (Fsp3) is 0.143. The zero-order chi connectivity index (χ0) is 15.6. The normalized spacial score (nSPS) is 11.0. The first-order valence-electron chi connectivity index (χ1n) is 5.97. The van der Waals surface area contributed by atoms with Crippen LogP contribution in [-0.4, -0.2) is 20.4 Å². The van der Waals surface area contributed by atoms with Crippen molar-refractivity contribution in [1.29, 1.82) is 5.26 Å². The highest BCUT2D eigenvalue weighted by Gasteiger charge is 2.23. The van der Waals surface area contributed by atoms with E-state index in [2.05, 4.69) is 4.98 Å². The highest BCUT2D eigenvalue weighted by Crippen LogP contribution is 2.22. The maximum Gasteiger partial charge on any atom is 0.265 e. The summed E-state index contributed by atoms with van der Waals surface area (Å²) in [5.74, 6) is -0.531. The van der Waals surface area contributed by atoms with Crippen molar-refractivity contribution in [1.82, 2.24) is 4.98 Å². The van der Waals surface area contributed by atoms with E-state index in [1.165, 1.54) is 37.5 Å². The molecule has 0 aliphatic heterocycles. The number of nitrogens with zero attached hydrogens (tertiary/aromatic N) is 3. The lowest BCUT2D eigenvalue weighted by molar-refractivity contribution is 0.588. The van der Waals surface area contributed by atoms with Crippen LogP contribution in [0.4, 0.5) is 10.2 Å². The second-order valence-corrected chi connectivity index (χ2v) is 6.42. The van der Waals surface area contributed by atoms with Crippen molar-refractivity contribution < 1.29 is 12.8 Å². The Hall–Kier alpha value is -2.46. The van der Waals surface area contributed by atoms with Crippen molar-refractivity contribution in [2.24, 2.45) is 0 Å². The monoisotopic (exact) mass is 305 g/mol. The summed E-state index contributed by atoms with van der Waals surface area (Å²) >= 11 is 0. The molecular weight excluding hydrogens is 293 g/mol. The number of hydrogen-bond acceptors (Lipinski definition) is 4. The molecule has 2 rings (SSSR count). The summed E-state index contributed by atoms with van der Waals surface area (Å²) in [4.78, 5) is 3.77. The fourth-order valence-electron chi connectivity index (χ4n) is 1.79. The zero-order valence-corrected chi connectivity index (χ0v) is 12.2. The van der Waals surface area contributed by atoms with Gasteiger partial charge in [0.2, 0.25) is 0 Å². The van der Waals surface area contributed by atoms with Crippen molar-refractivity contribution in [3.05, 3.63) is 53.5 Å². The van der Waals surface area contributed by atoms with Crippen molar-refractivity contribution in [3.8, 4) is 6.07 Å². The van der Waals surface area contributed by atoms with E-state index >= 15 is 0 Å². The number of aryl methyl sites for hydroxylation is 1. The lowest BCUT2D eigenvalue weighted by Crippen LogP contribution is -2.27. The Morgan fingerprint density at radius 3 is 2.62 bits per heavy atom. The number of aromatic nitrogens is 1. The van der Waals surface area contributed by atoms with Crippen molar-refractivity contribution >= 4 is 15.8 Å². The molecule has 1 aromatic heterocycles. The Labute approximate surface area is 122 Å². The first-order valence-corrected chi connectivity index (χ1v) is 7.41. The van der Waals surface area contributed by atoms with Gasteiger partial charge < -0.3 is 0 Å². The first kappa shape index (κ1) is 14.9. The standard InChI is InChI=1S/C14H12FN3O2S/c1-10-5-12(15)8-13(6-10)21(19,20)18(2)14-7-11(9-16)3-4-17-14/h3-8H,1-2H3. The number of hydrogen-bond donors (Lipinski definition) is 0. The summed E-state index contributed by atoms with van der Waals surface area (Å²) in [6.45, 7) is 1.61. The minimum Gasteiger partial charge on any atom is -0.253 e. The van der Waals surface area contributed by atoms with Crippen molar-refractivity contribution in [2.75, 3.05) is 11.4 Å².